The lowest BCUT2D eigenvalue weighted by atomic mass is 10.1. The second kappa shape index (κ2) is 10.5. The summed E-state index contributed by atoms with van der Waals surface area (Å²) in [4.78, 5) is 23.9. The van der Waals surface area contributed by atoms with Gasteiger partial charge in [-0.2, -0.15) is 0 Å². The molecule has 4 rings (SSSR count). The fraction of sp³-hybridized carbons (Fsp3) is 0.0833. The van der Waals surface area contributed by atoms with Gasteiger partial charge in [-0.3, -0.25) is 4.79 Å². The summed E-state index contributed by atoms with van der Waals surface area (Å²) in [5, 5.41) is 21.0. The van der Waals surface area contributed by atoms with Crippen LogP contribution in [0.2, 0.25) is 5.02 Å². The van der Waals surface area contributed by atoms with Crippen LogP contribution in [0.25, 0.3) is 5.69 Å². The predicted molar refractivity (Wildman–Crippen MR) is 129 cm³/mol. The summed E-state index contributed by atoms with van der Waals surface area (Å²) in [6.07, 6.45) is 1.69. The number of carbonyl (C=O) groups is 2. The molecule has 172 valence electrons. The number of carbonyl (C=O) groups excluding carboxylic acids is 1. The van der Waals surface area contributed by atoms with Crippen LogP contribution in [-0.2, 0) is 13.2 Å². The lowest BCUT2D eigenvalue weighted by Gasteiger charge is -2.10. The van der Waals surface area contributed by atoms with E-state index in [0.717, 1.165) is 11.3 Å². The Kier molecular flexibility index (Phi) is 7.24. The van der Waals surface area contributed by atoms with Crippen molar-refractivity contribution in [3.05, 3.63) is 105 Å². The second-order valence-electron chi connectivity index (χ2n) is 7.21. The number of ether oxygens (including phenoxy) is 1. The zero-order chi connectivity index (χ0) is 24.1. The van der Waals surface area contributed by atoms with E-state index in [1.165, 1.54) is 6.07 Å². The van der Waals surface area contributed by atoms with Crippen molar-refractivity contribution in [1.82, 2.24) is 20.3 Å². The second-order valence-corrected chi connectivity index (χ2v) is 8.56. The average Bonchev–Trinajstić information content (AvgIpc) is 3.30. The topological polar surface area (TPSA) is 106 Å². The number of aromatic nitrogens is 3. The maximum absolute atomic E-state index is 12.5. The third-order valence-corrected chi connectivity index (χ3v) is 5.58. The van der Waals surface area contributed by atoms with Crippen LogP contribution >= 0.6 is 27.5 Å². The molecule has 0 saturated carbocycles. The van der Waals surface area contributed by atoms with Crippen molar-refractivity contribution in [3.8, 4) is 11.4 Å². The first-order valence-corrected chi connectivity index (χ1v) is 11.3. The molecule has 0 spiro atoms. The van der Waals surface area contributed by atoms with Crippen LogP contribution in [0, 0.1) is 0 Å². The molecule has 8 nitrogen and oxygen atoms in total. The molecule has 4 aromatic rings. The van der Waals surface area contributed by atoms with Crippen LogP contribution in [0.4, 0.5) is 0 Å². The highest BCUT2D eigenvalue weighted by molar-refractivity contribution is 9.10. The number of amides is 1. The monoisotopic (exact) mass is 540 g/mol. The molecular formula is C24H18BrClN4O4. The lowest BCUT2D eigenvalue weighted by Crippen LogP contribution is -2.23. The fourth-order valence-corrected chi connectivity index (χ4v) is 3.75. The van der Waals surface area contributed by atoms with Crippen LogP contribution in [0.5, 0.6) is 5.75 Å². The minimum absolute atomic E-state index is 0.0321. The third kappa shape index (κ3) is 5.62. The summed E-state index contributed by atoms with van der Waals surface area (Å²) in [5.41, 5.74) is 2.60. The van der Waals surface area contributed by atoms with E-state index < -0.39 is 5.97 Å². The third-order valence-electron chi connectivity index (χ3n) is 4.86. The number of nitrogens with zero attached hydrogens (tertiary/aromatic N) is 3. The van der Waals surface area contributed by atoms with E-state index >= 15 is 0 Å². The minimum Gasteiger partial charge on any atom is -0.486 e. The van der Waals surface area contributed by atoms with Crippen LogP contribution < -0.4 is 10.1 Å². The number of hydrogen-bond acceptors (Lipinski definition) is 5. The summed E-state index contributed by atoms with van der Waals surface area (Å²) in [6, 6.07) is 18.9. The normalized spacial score (nSPS) is 10.6. The quantitative estimate of drug-likeness (QED) is 0.329. The largest absolute Gasteiger partial charge is 0.486 e. The van der Waals surface area contributed by atoms with Crippen molar-refractivity contribution in [2.24, 2.45) is 0 Å². The number of carboxylic acids is 1. The Labute approximate surface area is 208 Å². The average molecular weight is 542 g/mol. The molecule has 1 aromatic heterocycles. The number of hydrogen-bond donors (Lipinski definition) is 2. The Bertz CT molecular complexity index is 1360. The van der Waals surface area contributed by atoms with Crippen molar-refractivity contribution in [1.29, 1.82) is 0 Å². The van der Waals surface area contributed by atoms with Crippen molar-refractivity contribution in [2.45, 2.75) is 13.2 Å². The van der Waals surface area contributed by atoms with Crippen molar-refractivity contribution in [2.75, 3.05) is 0 Å². The molecule has 34 heavy (non-hydrogen) atoms. The highest BCUT2D eigenvalue weighted by Crippen LogP contribution is 2.25. The fourth-order valence-electron chi connectivity index (χ4n) is 3.22. The van der Waals surface area contributed by atoms with Gasteiger partial charge in [-0.25, -0.2) is 9.48 Å². The summed E-state index contributed by atoms with van der Waals surface area (Å²) in [5.74, 6) is -1.10. The minimum atomic E-state index is -1.08. The molecule has 10 heteroatoms. The molecule has 0 atom stereocenters. The molecule has 1 heterocycles. The Morgan fingerprint density at radius 1 is 1.09 bits per heavy atom. The molecule has 0 bridgehead atoms. The van der Waals surface area contributed by atoms with E-state index in [0.29, 0.717) is 20.8 Å². The first-order chi connectivity index (χ1) is 16.4. The highest BCUT2D eigenvalue weighted by Gasteiger charge is 2.14. The van der Waals surface area contributed by atoms with Crippen LogP contribution in [0.3, 0.4) is 0 Å². The van der Waals surface area contributed by atoms with Gasteiger partial charge in [0.15, 0.2) is 0 Å². The van der Waals surface area contributed by atoms with Crippen LogP contribution in [0.15, 0.2) is 77.4 Å². The van der Waals surface area contributed by atoms with E-state index in [-0.39, 0.29) is 30.4 Å². The highest BCUT2D eigenvalue weighted by atomic mass is 79.9. The van der Waals surface area contributed by atoms with Gasteiger partial charge in [0.1, 0.15) is 23.6 Å². The number of aromatic carboxylic acids is 1. The Morgan fingerprint density at radius 2 is 1.91 bits per heavy atom. The predicted octanol–water partition coefficient (Wildman–Crippen LogP) is 4.89. The maximum Gasteiger partial charge on any atom is 0.339 e. The number of para-hydroxylation sites is 1. The van der Waals surface area contributed by atoms with Crippen LogP contribution in [-0.4, -0.2) is 32.0 Å². The molecule has 0 aliphatic heterocycles. The molecule has 1 amide bonds. The van der Waals surface area contributed by atoms with Crippen molar-refractivity contribution >= 4 is 39.4 Å². The van der Waals surface area contributed by atoms with E-state index in [1.54, 1.807) is 47.3 Å². The van der Waals surface area contributed by atoms with Gasteiger partial charge in [0.05, 0.1) is 11.9 Å². The first-order valence-electron chi connectivity index (χ1n) is 10.1. The number of carboxylic acid groups (broad SMARTS) is 1. The molecular weight excluding hydrogens is 524 g/mol. The Hall–Kier alpha value is -3.69. The lowest BCUT2D eigenvalue weighted by molar-refractivity contribution is 0.0691. The first kappa shape index (κ1) is 23.5. The van der Waals surface area contributed by atoms with E-state index in [9.17, 15) is 14.7 Å². The van der Waals surface area contributed by atoms with E-state index in [4.69, 9.17) is 16.3 Å². The summed E-state index contributed by atoms with van der Waals surface area (Å²) >= 11 is 9.29. The zero-order valence-corrected chi connectivity index (χ0v) is 20.0. The molecule has 0 fully saturated rings. The summed E-state index contributed by atoms with van der Waals surface area (Å²) in [7, 11) is 0. The van der Waals surface area contributed by atoms with Crippen molar-refractivity contribution in [3.63, 3.8) is 0 Å². The number of halogens is 2. The number of rotatable bonds is 8. The Morgan fingerprint density at radius 3 is 2.71 bits per heavy atom. The smallest absolute Gasteiger partial charge is 0.339 e. The number of benzene rings is 3. The van der Waals surface area contributed by atoms with Gasteiger partial charge < -0.3 is 15.2 Å². The molecule has 0 saturated heterocycles. The van der Waals surface area contributed by atoms with E-state index in [1.807, 2.05) is 24.3 Å². The van der Waals surface area contributed by atoms with Crippen molar-refractivity contribution < 1.29 is 19.4 Å². The molecule has 2 N–H and O–H groups in total. The van der Waals surface area contributed by atoms with E-state index in [2.05, 4.69) is 31.6 Å². The van der Waals surface area contributed by atoms with Crippen LogP contribution in [0.1, 0.15) is 32.0 Å². The molecule has 3 aromatic carbocycles. The molecule has 0 aliphatic rings. The van der Waals surface area contributed by atoms with Gasteiger partial charge >= 0.3 is 5.97 Å². The Balaban J connectivity index is 1.46. The molecule has 0 radical (unpaired) electrons. The van der Waals surface area contributed by atoms with Gasteiger partial charge in [-0.1, -0.05) is 57.0 Å². The van der Waals surface area contributed by atoms with Gasteiger partial charge in [0, 0.05) is 21.6 Å². The SMILES string of the molecule is O=C(NCc1ccccc1-n1cc(COc2cc(Br)ccc2C(=O)O)nn1)c1cccc(Cl)c1. The number of nitrogens with one attached hydrogen (secondary N) is 1. The van der Waals surface area contributed by atoms with Gasteiger partial charge in [0.2, 0.25) is 0 Å². The summed E-state index contributed by atoms with van der Waals surface area (Å²) < 4.78 is 7.97. The zero-order valence-electron chi connectivity index (χ0n) is 17.6. The summed E-state index contributed by atoms with van der Waals surface area (Å²) in [6.45, 7) is 0.303. The maximum atomic E-state index is 12.5. The van der Waals surface area contributed by atoms with Gasteiger partial charge in [-0.15, -0.1) is 5.10 Å². The van der Waals surface area contributed by atoms with Gasteiger partial charge in [0.25, 0.3) is 5.91 Å². The molecule has 0 unspecified atom stereocenters. The van der Waals surface area contributed by atoms with Gasteiger partial charge in [-0.05, 0) is 48.0 Å². The molecule has 0 aliphatic carbocycles. The standard InChI is InChI=1S/C24H18BrClN4O4/c25-17-8-9-20(24(32)33)22(11-17)34-14-19-13-30(29-28-19)21-7-2-1-4-16(21)12-27-23(31)15-5-3-6-18(26)10-15/h1-11,13H,12,14H2,(H,27,31)(H,32,33).